The van der Waals surface area contributed by atoms with Crippen molar-refractivity contribution in [3.63, 3.8) is 0 Å². The van der Waals surface area contributed by atoms with Crippen LogP contribution < -0.4 is 0 Å². The van der Waals surface area contributed by atoms with Crippen LogP contribution in [0.1, 0.15) is 0 Å². The van der Waals surface area contributed by atoms with Crippen LogP contribution in [-0.4, -0.2) is 24.4 Å². The number of alkyl halides is 1. The molecular formula is C4H6BrNO. The van der Waals surface area contributed by atoms with Crippen molar-refractivity contribution in [2.45, 2.75) is 0 Å². The van der Waals surface area contributed by atoms with E-state index in [2.05, 4.69) is 20.9 Å². The average Bonchev–Trinajstić information content (AvgIpc) is 2.14. The highest BCUT2D eigenvalue weighted by Crippen LogP contribution is 1.95. The van der Waals surface area contributed by atoms with E-state index in [0.717, 1.165) is 24.4 Å². The van der Waals surface area contributed by atoms with E-state index in [-0.39, 0.29) is 0 Å². The SMILES string of the molecule is BrCC1=NCCO1. The van der Waals surface area contributed by atoms with E-state index in [1.807, 2.05) is 0 Å². The van der Waals surface area contributed by atoms with E-state index in [0.29, 0.717) is 0 Å². The molecule has 1 aliphatic rings. The van der Waals surface area contributed by atoms with Crippen LogP contribution in [0, 0.1) is 0 Å². The molecule has 0 unspecified atom stereocenters. The van der Waals surface area contributed by atoms with Gasteiger partial charge in [-0.2, -0.15) is 0 Å². The normalized spacial score (nSPS) is 18.7. The van der Waals surface area contributed by atoms with Gasteiger partial charge in [-0.05, 0) is 0 Å². The van der Waals surface area contributed by atoms with E-state index in [9.17, 15) is 0 Å². The summed E-state index contributed by atoms with van der Waals surface area (Å²) >= 11 is 3.22. The predicted octanol–water partition coefficient (Wildman–Crippen LogP) is 0.810. The Bertz CT molecular complexity index is 91.7. The van der Waals surface area contributed by atoms with Crippen molar-refractivity contribution in [1.29, 1.82) is 0 Å². The van der Waals surface area contributed by atoms with E-state index >= 15 is 0 Å². The van der Waals surface area contributed by atoms with E-state index in [4.69, 9.17) is 4.74 Å². The van der Waals surface area contributed by atoms with E-state index < -0.39 is 0 Å². The third kappa shape index (κ3) is 1.16. The second-order valence-corrected chi connectivity index (χ2v) is 1.82. The number of ether oxygens (including phenoxy) is 1. The summed E-state index contributed by atoms with van der Waals surface area (Å²) in [5, 5.41) is 0.757. The maximum atomic E-state index is 5.01. The van der Waals surface area contributed by atoms with E-state index in [1.165, 1.54) is 0 Å². The highest BCUT2D eigenvalue weighted by Gasteiger charge is 2.02. The lowest BCUT2D eigenvalue weighted by Gasteiger charge is -1.90. The fourth-order valence-electron chi connectivity index (χ4n) is 0.460. The first-order valence-electron chi connectivity index (χ1n) is 2.15. The quantitative estimate of drug-likeness (QED) is 0.525. The van der Waals surface area contributed by atoms with Gasteiger partial charge in [0.2, 0.25) is 0 Å². The summed E-state index contributed by atoms with van der Waals surface area (Å²) in [5.74, 6) is 0.833. The molecule has 1 rings (SSSR count). The number of rotatable bonds is 1. The first kappa shape index (κ1) is 5.09. The summed E-state index contributed by atoms with van der Waals surface area (Å²) < 4.78 is 5.01. The maximum Gasteiger partial charge on any atom is 0.194 e. The zero-order valence-corrected chi connectivity index (χ0v) is 5.44. The number of nitrogens with zero attached hydrogens (tertiary/aromatic N) is 1. The predicted molar refractivity (Wildman–Crippen MR) is 32.0 cm³/mol. The molecule has 0 radical (unpaired) electrons. The van der Waals surface area contributed by atoms with Crippen molar-refractivity contribution < 1.29 is 4.74 Å². The van der Waals surface area contributed by atoms with Gasteiger partial charge < -0.3 is 4.74 Å². The van der Waals surface area contributed by atoms with Gasteiger partial charge in [0.05, 0.1) is 11.9 Å². The lowest BCUT2D eigenvalue weighted by Crippen LogP contribution is -1.98. The Kier molecular flexibility index (Phi) is 1.68. The minimum atomic E-state index is 0.757. The van der Waals surface area contributed by atoms with Crippen molar-refractivity contribution in [1.82, 2.24) is 0 Å². The molecule has 2 nitrogen and oxygen atoms in total. The van der Waals surface area contributed by atoms with Crippen molar-refractivity contribution in [2.75, 3.05) is 18.5 Å². The molecule has 0 N–H and O–H groups in total. The fourth-order valence-corrected chi connectivity index (χ4v) is 0.799. The first-order valence-corrected chi connectivity index (χ1v) is 3.27. The van der Waals surface area contributed by atoms with Crippen LogP contribution >= 0.6 is 15.9 Å². The fraction of sp³-hybridized carbons (Fsp3) is 0.750. The number of hydrogen-bond donors (Lipinski definition) is 0. The molecule has 7 heavy (non-hydrogen) atoms. The van der Waals surface area contributed by atoms with Crippen molar-refractivity contribution in [2.24, 2.45) is 4.99 Å². The average molecular weight is 164 g/mol. The van der Waals surface area contributed by atoms with Gasteiger partial charge in [0.1, 0.15) is 6.61 Å². The summed E-state index contributed by atoms with van der Waals surface area (Å²) in [6.07, 6.45) is 0. The van der Waals surface area contributed by atoms with Gasteiger partial charge in [-0.25, -0.2) is 0 Å². The highest BCUT2D eigenvalue weighted by molar-refractivity contribution is 9.09. The molecule has 0 aromatic carbocycles. The standard InChI is InChI=1S/C4H6BrNO/c5-3-4-6-1-2-7-4/h1-3H2. The van der Waals surface area contributed by atoms with Crippen molar-refractivity contribution in [3.05, 3.63) is 0 Å². The molecule has 0 fully saturated rings. The molecule has 0 saturated heterocycles. The van der Waals surface area contributed by atoms with Gasteiger partial charge in [0.25, 0.3) is 0 Å². The number of hydrogen-bond acceptors (Lipinski definition) is 2. The second kappa shape index (κ2) is 2.31. The van der Waals surface area contributed by atoms with Gasteiger partial charge in [-0.3, -0.25) is 4.99 Å². The summed E-state index contributed by atoms with van der Waals surface area (Å²) in [6.45, 7) is 1.60. The minimum absolute atomic E-state index is 0.757. The number of aliphatic imine (C=N–C) groups is 1. The Morgan fingerprint density at radius 2 is 2.71 bits per heavy atom. The van der Waals surface area contributed by atoms with Crippen LogP contribution in [0.25, 0.3) is 0 Å². The summed E-state index contributed by atoms with van der Waals surface area (Å²) in [7, 11) is 0. The highest BCUT2D eigenvalue weighted by atomic mass is 79.9. The van der Waals surface area contributed by atoms with Crippen LogP contribution in [0.5, 0.6) is 0 Å². The Hall–Kier alpha value is -0.0500. The molecule has 40 valence electrons. The molecule has 0 saturated carbocycles. The lowest BCUT2D eigenvalue weighted by molar-refractivity contribution is 0.346. The van der Waals surface area contributed by atoms with Crippen LogP contribution in [0.2, 0.25) is 0 Å². The monoisotopic (exact) mass is 163 g/mol. The van der Waals surface area contributed by atoms with Gasteiger partial charge in [0.15, 0.2) is 5.90 Å². The third-order valence-electron chi connectivity index (χ3n) is 0.762. The lowest BCUT2D eigenvalue weighted by atomic mass is 10.8. The number of halogens is 1. The Balaban J connectivity index is 2.36. The summed E-state index contributed by atoms with van der Waals surface area (Å²) in [4.78, 5) is 4.00. The topological polar surface area (TPSA) is 21.6 Å². The molecule has 0 aliphatic carbocycles. The van der Waals surface area contributed by atoms with Crippen molar-refractivity contribution in [3.8, 4) is 0 Å². The van der Waals surface area contributed by atoms with Gasteiger partial charge in [-0.15, -0.1) is 0 Å². The van der Waals surface area contributed by atoms with Gasteiger partial charge >= 0.3 is 0 Å². The van der Waals surface area contributed by atoms with Crippen molar-refractivity contribution >= 4 is 21.8 Å². The summed E-state index contributed by atoms with van der Waals surface area (Å²) in [6, 6.07) is 0. The molecule has 0 amide bonds. The Morgan fingerprint density at radius 3 is 3.00 bits per heavy atom. The molecular weight excluding hydrogens is 158 g/mol. The molecule has 1 aliphatic heterocycles. The van der Waals surface area contributed by atoms with Crippen LogP contribution in [0.3, 0.4) is 0 Å². The molecule has 0 aromatic rings. The Morgan fingerprint density at radius 1 is 1.86 bits per heavy atom. The molecule has 0 spiro atoms. The van der Waals surface area contributed by atoms with E-state index in [1.54, 1.807) is 0 Å². The molecule has 0 atom stereocenters. The molecule has 0 bridgehead atoms. The zero-order chi connectivity index (χ0) is 5.11. The second-order valence-electron chi connectivity index (χ2n) is 1.26. The Labute approximate surface area is 50.7 Å². The third-order valence-corrected chi connectivity index (χ3v) is 1.24. The van der Waals surface area contributed by atoms with Crippen LogP contribution in [0.4, 0.5) is 0 Å². The van der Waals surface area contributed by atoms with Gasteiger partial charge in [-0.1, -0.05) is 15.9 Å². The zero-order valence-electron chi connectivity index (χ0n) is 3.85. The van der Waals surface area contributed by atoms with Gasteiger partial charge in [0, 0.05) is 0 Å². The molecule has 0 aromatic heterocycles. The molecule has 1 heterocycles. The summed E-state index contributed by atoms with van der Waals surface area (Å²) in [5.41, 5.74) is 0. The van der Waals surface area contributed by atoms with Crippen LogP contribution in [0.15, 0.2) is 4.99 Å². The smallest absolute Gasteiger partial charge is 0.194 e. The molecule has 3 heteroatoms. The van der Waals surface area contributed by atoms with Crippen LogP contribution in [-0.2, 0) is 4.74 Å². The first-order chi connectivity index (χ1) is 3.43. The maximum absolute atomic E-state index is 5.01. The minimum Gasteiger partial charge on any atom is -0.478 e. The largest absolute Gasteiger partial charge is 0.478 e.